The summed E-state index contributed by atoms with van der Waals surface area (Å²) < 4.78 is 11.0. The largest absolute Gasteiger partial charge is 0.493 e. The highest BCUT2D eigenvalue weighted by Crippen LogP contribution is 2.40. The van der Waals surface area contributed by atoms with Crippen LogP contribution in [0.2, 0.25) is 0 Å². The van der Waals surface area contributed by atoms with Gasteiger partial charge in [0.1, 0.15) is 17.5 Å². The summed E-state index contributed by atoms with van der Waals surface area (Å²) in [5.74, 6) is 5.05. The molecule has 2 heterocycles. The Morgan fingerprint density at radius 2 is 1.82 bits per heavy atom. The Morgan fingerprint density at radius 1 is 1.11 bits per heavy atom. The maximum absolute atomic E-state index is 5.50. The monoisotopic (exact) mass is 382 g/mol. The van der Waals surface area contributed by atoms with Gasteiger partial charge in [-0.3, -0.25) is 0 Å². The lowest BCUT2D eigenvalue weighted by atomic mass is 9.99. The summed E-state index contributed by atoms with van der Waals surface area (Å²) in [6.45, 7) is 6.13. The van der Waals surface area contributed by atoms with Gasteiger partial charge in [0.25, 0.3) is 0 Å². The van der Waals surface area contributed by atoms with Crippen LogP contribution < -0.4 is 19.7 Å². The fourth-order valence-electron chi connectivity index (χ4n) is 3.65. The number of benzene rings is 1. The van der Waals surface area contributed by atoms with Crippen LogP contribution in [0.25, 0.3) is 0 Å². The molecule has 1 aromatic heterocycles. The Balaban J connectivity index is 1.62. The molecule has 1 fully saturated rings. The number of hydrogen-bond donors (Lipinski definition) is 1. The van der Waals surface area contributed by atoms with Crippen molar-refractivity contribution in [2.24, 2.45) is 0 Å². The Kier molecular flexibility index (Phi) is 5.29. The Hall–Kier alpha value is -2.50. The molecular weight excluding hydrogens is 352 g/mol. The van der Waals surface area contributed by atoms with Crippen LogP contribution in [0.4, 0.5) is 11.6 Å². The standard InChI is InChI=1S/C22H30N4O2/c1-5-14(2)23-20-12-21(25-22(24-20)15-6-7-15)26-9-8-16-10-18(27-3)19(28-4)11-17(16)13-26/h10-12,14-15H,5-9,13H2,1-4H3,(H,23,24,25)/t14-/m1/s1. The van der Waals surface area contributed by atoms with Crippen molar-refractivity contribution in [2.45, 2.75) is 58.0 Å². The van der Waals surface area contributed by atoms with Gasteiger partial charge in [-0.15, -0.1) is 0 Å². The molecule has 2 aliphatic rings. The quantitative estimate of drug-likeness (QED) is 0.776. The molecule has 1 saturated carbocycles. The first kappa shape index (κ1) is 18.8. The molecule has 6 nitrogen and oxygen atoms in total. The van der Waals surface area contributed by atoms with Crippen molar-refractivity contribution in [3.05, 3.63) is 35.2 Å². The van der Waals surface area contributed by atoms with Gasteiger partial charge in [0.15, 0.2) is 11.5 Å². The van der Waals surface area contributed by atoms with Crippen LogP contribution in [-0.4, -0.2) is 36.8 Å². The van der Waals surface area contributed by atoms with Crippen LogP contribution in [0.3, 0.4) is 0 Å². The van der Waals surface area contributed by atoms with Crippen molar-refractivity contribution in [3.8, 4) is 11.5 Å². The lowest BCUT2D eigenvalue weighted by Gasteiger charge is -2.31. The zero-order chi connectivity index (χ0) is 19.7. The summed E-state index contributed by atoms with van der Waals surface area (Å²) in [6.07, 6.45) is 4.43. The van der Waals surface area contributed by atoms with Gasteiger partial charge in [-0.1, -0.05) is 6.92 Å². The first-order valence-corrected chi connectivity index (χ1v) is 10.3. The third-order valence-corrected chi connectivity index (χ3v) is 5.72. The van der Waals surface area contributed by atoms with Crippen molar-refractivity contribution in [1.82, 2.24) is 9.97 Å². The van der Waals surface area contributed by atoms with Gasteiger partial charge >= 0.3 is 0 Å². The number of nitrogens with zero attached hydrogens (tertiary/aromatic N) is 3. The van der Waals surface area contributed by atoms with Crippen molar-refractivity contribution in [1.29, 1.82) is 0 Å². The zero-order valence-electron chi connectivity index (χ0n) is 17.3. The average molecular weight is 383 g/mol. The van der Waals surface area contributed by atoms with E-state index in [0.717, 1.165) is 54.9 Å². The van der Waals surface area contributed by atoms with Gasteiger partial charge in [0.05, 0.1) is 14.2 Å². The van der Waals surface area contributed by atoms with Gasteiger partial charge in [0, 0.05) is 31.1 Å². The second-order valence-corrected chi connectivity index (χ2v) is 7.84. The number of anilines is 2. The molecule has 2 aromatic rings. The Bertz CT molecular complexity index is 851. The highest BCUT2D eigenvalue weighted by atomic mass is 16.5. The lowest BCUT2D eigenvalue weighted by molar-refractivity contribution is 0.353. The maximum atomic E-state index is 5.50. The third-order valence-electron chi connectivity index (χ3n) is 5.72. The van der Waals surface area contributed by atoms with E-state index in [9.17, 15) is 0 Å². The minimum Gasteiger partial charge on any atom is -0.493 e. The minimum absolute atomic E-state index is 0.397. The molecule has 1 N–H and O–H groups in total. The molecular formula is C22H30N4O2. The normalized spacial score (nSPS) is 17.1. The van der Waals surface area contributed by atoms with E-state index in [1.165, 1.54) is 24.0 Å². The van der Waals surface area contributed by atoms with Gasteiger partial charge < -0.3 is 19.7 Å². The topological polar surface area (TPSA) is 59.5 Å². The molecule has 0 spiro atoms. The van der Waals surface area contributed by atoms with Gasteiger partial charge in [-0.05, 0) is 55.9 Å². The third kappa shape index (κ3) is 3.86. The number of ether oxygens (including phenoxy) is 2. The van der Waals surface area contributed by atoms with Crippen LogP contribution in [0.15, 0.2) is 18.2 Å². The van der Waals surface area contributed by atoms with Crippen molar-refractivity contribution in [3.63, 3.8) is 0 Å². The van der Waals surface area contributed by atoms with E-state index in [1.54, 1.807) is 14.2 Å². The molecule has 4 rings (SSSR count). The lowest BCUT2D eigenvalue weighted by Crippen LogP contribution is -2.31. The molecule has 28 heavy (non-hydrogen) atoms. The van der Waals surface area contributed by atoms with E-state index in [4.69, 9.17) is 19.4 Å². The van der Waals surface area contributed by atoms with E-state index in [-0.39, 0.29) is 0 Å². The van der Waals surface area contributed by atoms with Crippen LogP contribution in [0.1, 0.15) is 56.0 Å². The van der Waals surface area contributed by atoms with Gasteiger partial charge in [-0.25, -0.2) is 9.97 Å². The zero-order valence-corrected chi connectivity index (χ0v) is 17.3. The van der Waals surface area contributed by atoms with Crippen LogP contribution >= 0.6 is 0 Å². The van der Waals surface area contributed by atoms with Gasteiger partial charge in [-0.2, -0.15) is 0 Å². The molecule has 150 valence electrons. The number of aromatic nitrogens is 2. The molecule has 6 heteroatoms. The van der Waals surface area contributed by atoms with E-state index < -0.39 is 0 Å². The molecule has 1 aromatic carbocycles. The summed E-state index contributed by atoms with van der Waals surface area (Å²) in [6, 6.07) is 6.70. The highest BCUT2D eigenvalue weighted by Gasteiger charge is 2.29. The number of methoxy groups -OCH3 is 2. The van der Waals surface area contributed by atoms with Crippen LogP contribution in [0, 0.1) is 0 Å². The van der Waals surface area contributed by atoms with Crippen molar-refractivity contribution in [2.75, 3.05) is 31.0 Å². The highest BCUT2D eigenvalue weighted by molar-refractivity contribution is 5.55. The molecule has 0 radical (unpaired) electrons. The molecule has 0 saturated heterocycles. The average Bonchev–Trinajstić information content (AvgIpc) is 3.57. The van der Waals surface area contributed by atoms with Crippen molar-refractivity contribution < 1.29 is 9.47 Å². The second-order valence-electron chi connectivity index (χ2n) is 7.84. The SMILES string of the molecule is CC[C@@H](C)Nc1cc(N2CCc3cc(OC)c(OC)cc3C2)nc(C2CC2)n1. The predicted molar refractivity (Wildman–Crippen MR) is 112 cm³/mol. The molecule has 0 unspecified atom stereocenters. The number of hydrogen-bond acceptors (Lipinski definition) is 6. The van der Waals surface area contributed by atoms with E-state index >= 15 is 0 Å². The van der Waals surface area contributed by atoms with Gasteiger partial charge in [0.2, 0.25) is 0 Å². The molecule has 1 atom stereocenters. The molecule has 1 aliphatic carbocycles. The molecule has 1 aliphatic heterocycles. The summed E-state index contributed by atoms with van der Waals surface area (Å²) in [7, 11) is 3.37. The number of rotatable bonds is 7. The summed E-state index contributed by atoms with van der Waals surface area (Å²) >= 11 is 0. The maximum Gasteiger partial charge on any atom is 0.161 e. The number of nitrogens with one attached hydrogen (secondary N) is 1. The summed E-state index contributed by atoms with van der Waals surface area (Å²) in [5, 5.41) is 3.53. The Morgan fingerprint density at radius 3 is 2.46 bits per heavy atom. The Labute approximate surface area is 167 Å². The smallest absolute Gasteiger partial charge is 0.161 e. The van der Waals surface area contributed by atoms with E-state index in [1.807, 2.05) is 0 Å². The fraction of sp³-hybridized carbons (Fsp3) is 0.545. The first-order valence-electron chi connectivity index (χ1n) is 10.3. The summed E-state index contributed by atoms with van der Waals surface area (Å²) in [4.78, 5) is 12.1. The number of fused-ring (bicyclic) bond motifs is 1. The van der Waals surface area contributed by atoms with E-state index in [0.29, 0.717) is 12.0 Å². The predicted octanol–water partition coefficient (Wildman–Crippen LogP) is 4.14. The van der Waals surface area contributed by atoms with E-state index in [2.05, 4.69) is 42.3 Å². The summed E-state index contributed by atoms with van der Waals surface area (Å²) in [5.41, 5.74) is 2.59. The van der Waals surface area contributed by atoms with Crippen molar-refractivity contribution >= 4 is 11.6 Å². The molecule has 0 amide bonds. The second kappa shape index (κ2) is 7.86. The van der Waals surface area contributed by atoms with Crippen LogP contribution in [-0.2, 0) is 13.0 Å². The molecule has 0 bridgehead atoms. The van der Waals surface area contributed by atoms with Crippen LogP contribution in [0.5, 0.6) is 11.5 Å². The first-order chi connectivity index (χ1) is 13.6. The minimum atomic E-state index is 0.397. The fourth-order valence-corrected chi connectivity index (χ4v) is 3.65.